The van der Waals surface area contributed by atoms with Gasteiger partial charge < -0.3 is 0 Å². The van der Waals surface area contributed by atoms with Gasteiger partial charge in [0, 0.05) is 0 Å². The molecule has 6 nitrogen and oxygen atoms in total. The summed E-state index contributed by atoms with van der Waals surface area (Å²) in [7, 11) is 0. The van der Waals surface area contributed by atoms with Gasteiger partial charge in [0.2, 0.25) is 5.91 Å². The summed E-state index contributed by atoms with van der Waals surface area (Å²) in [5.74, 6) is -1.70. The van der Waals surface area contributed by atoms with E-state index in [1.807, 2.05) is 6.92 Å². The summed E-state index contributed by atoms with van der Waals surface area (Å²) in [5, 5.41) is 8.49. The highest BCUT2D eigenvalue weighted by atomic mass is 32.2. The first-order chi connectivity index (χ1) is 10.1. The van der Waals surface area contributed by atoms with Crippen LogP contribution in [0.3, 0.4) is 0 Å². The van der Waals surface area contributed by atoms with Gasteiger partial charge in [-0.1, -0.05) is 35.2 Å². The molecule has 0 aliphatic heterocycles. The lowest BCUT2D eigenvalue weighted by Gasteiger charge is -2.07. The van der Waals surface area contributed by atoms with E-state index in [0.29, 0.717) is 4.34 Å². The second-order valence-electron chi connectivity index (χ2n) is 3.86. The van der Waals surface area contributed by atoms with Crippen molar-refractivity contribution in [3.05, 3.63) is 40.7 Å². The molecule has 0 spiro atoms. The van der Waals surface area contributed by atoms with Crippen molar-refractivity contribution in [1.82, 2.24) is 21.0 Å². The summed E-state index contributed by atoms with van der Waals surface area (Å²) in [5.41, 5.74) is 4.24. The number of carbonyl (C=O) groups is 2. The van der Waals surface area contributed by atoms with E-state index >= 15 is 0 Å². The van der Waals surface area contributed by atoms with Crippen LogP contribution in [0.4, 0.5) is 4.39 Å². The summed E-state index contributed by atoms with van der Waals surface area (Å²) in [4.78, 5) is 23.2. The monoisotopic (exact) mass is 326 g/mol. The van der Waals surface area contributed by atoms with Crippen molar-refractivity contribution in [2.24, 2.45) is 0 Å². The average molecular weight is 326 g/mol. The van der Waals surface area contributed by atoms with E-state index in [9.17, 15) is 14.0 Å². The molecule has 0 aliphatic carbocycles. The average Bonchev–Trinajstić information content (AvgIpc) is 2.89. The normalized spacial score (nSPS) is 10.2. The number of aryl methyl sites for hydroxylation is 1. The van der Waals surface area contributed by atoms with Crippen molar-refractivity contribution in [2.45, 2.75) is 11.3 Å². The van der Waals surface area contributed by atoms with Crippen LogP contribution >= 0.6 is 23.1 Å². The Bertz CT molecular complexity index is 662. The predicted molar refractivity (Wildman–Crippen MR) is 77.4 cm³/mol. The van der Waals surface area contributed by atoms with E-state index in [1.54, 1.807) is 0 Å². The van der Waals surface area contributed by atoms with Crippen molar-refractivity contribution in [3.63, 3.8) is 0 Å². The largest absolute Gasteiger partial charge is 0.272 e. The van der Waals surface area contributed by atoms with Gasteiger partial charge in [-0.3, -0.25) is 20.4 Å². The molecule has 0 fully saturated rings. The number of halogens is 1. The van der Waals surface area contributed by atoms with Gasteiger partial charge in [0.25, 0.3) is 5.91 Å². The molecule has 0 bridgehead atoms. The number of nitrogens with one attached hydrogen (secondary N) is 2. The number of hydrazine groups is 1. The first-order valence-corrected chi connectivity index (χ1v) is 7.63. The minimum Gasteiger partial charge on any atom is -0.272 e. The zero-order valence-corrected chi connectivity index (χ0v) is 12.6. The van der Waals surface area contributed by atoms with Crippen molar-refractivity contribution in [1.29, 1.82) is 0 Å². The molecule has 0 saturated carbocycles. The lowest BCUT2D eigenvalue weighted by Crippen LogP contribution is -2.42. The second kappa shape index (κ2) is 7.14. The van der Waals surface area contributed by atoms with Crippen LogP contribution in [0.1, 0.15) is 15.4 Å². The molecule has 2 amide bonds. The van der Waals surface area contributed by atoms with Crippen LogP contribution < -0.4 is 10.9 Å². The number of thioether (sulfide) groups is 1. The standard InChI is InChI=1S/C12H11FN4O2S2/c1-7-14-17-12(21-7)20-6-10(18)15-16-11(19)8-4-2-3-5-9(8)13/h2-5H,6H2,1H3,(H,15,18)(H,16,19). The van der Waals surface area contributed by atoms with Gasteiger partial charge in [-0.25, -0.2) is 4.39 Å². The fourth-order valence-corrected chi connectivity index (χ4v) is 2.95. The van der Waals surface area contributed by atoms with Gasteiger partial charge in [0.15, 0.2) is 4.34 Å². The van der Waals surface area contributed by atoms with Gasteiger partial charge in [-0.15, -0.1) is 10.2 Å². The van der Waals surface area contributed by atoms with Crippen LogP contribution in [-0.2, 0) is 4.79 Å². The molecule has 1 heterocycles. The molecule has 2 N–H and O–H groups in total. The zero-order valence-electron chi connectivity index (χ0n) is 10.9. The number of rotatable bonds is 4. The van der Waals surface area contributed by atoms with Crippen LogP contribution in [0.2, 0.25) is 0 Å². The molecule has 9 heteroatoms. The number of benzene rings is 1. The van der Waals surface area contributed by atoms with Crippen LogP contribution in [0.15, 0.2) is 28.6 Å². The highest BCUT2D eigenvalue weighted by molar-refractivity contribution is 8.01. The maximum atomic E-state index is 13.3. The third-order valence-electron chi connectivity index (χ3n) is 2.27. The summed E-state index contributed by atoms with van der Waals surface area (Å²) in [6.07, 6.45) is 0. The maximum Gasteiger partial charge on any atom is 0.272 e. The van der Waals surface area contributed by atoms with E-state index in [2.05, 4.69) is 21.0 Å². The molecule has 21 heavy (non-hydrogen) atoms. The maximum absolute atomic E-state index is 13.3. The highest BCUT2D eigenvalue weighted by Gasteiger charge is 2.12. The number of amides is 2. The molecule has 0 unspecified atom stereocenters. The third kappa shape index (κ3) is 4.50. The summed E-state index contributed by atoms with van der Waals surface area (Å²) in [6.45, 7) is 1.82. The van der Waals surface area contributed by atoms with Crippen LogP contribution in [0, 0.1) is 12.7 Å². The van der Waals surface area contributed by atoms with E-state index in [4.69, 9.17) is 0 Å². The molecule has 2 rings (SSSR count). The molecule has 1 aromatic carbocycles. The zero-order chi connectivity index (χ0) is 15.2. The van der Waals surface area contributed by atoms with Crippen LogP contribution in [0.5, 0.6) is 0 Å². The fraction of sp³-hybridized carbons (Fsp3) is 0.167. The second-order valence-corrected chi connectivity index (χ2v) is 6.26. The van der Waals surface area contributed by atoms with Crippen molar-refractivity contribution >= 4 is 34.9 Å². The Labute approximate surface area is 128 Å². The SMILES string of the molecule is Cc1nnc(SCC(=O)NNC(=O)c2ccccc2F)s1. The topological polar surface area (TPSA) is 84.0 Å². The summed E-state index contributed by atoms with van der Waals surface area (Å²) < 4.78 is 14.0. The predicted octanol–water partition coefficient (Wildman–Crippen LogP) is 1.54. The lowest BCUT2D eigenvalue weighted by atomic mass is 10.2. The van der Waals surface area contributed by atoms with Crippen molar-refractivity contribution < 1.29 is 14.0 Å². The quantitative estimate of drug-likeness (QED) is 0.658. The van der Waals surface area contributed by atoms with Crippen LogP contribution in [0.25, 0.3) is 0 Å². The van der Waals surface area contributed by atoms with Crippen molar-refractivity contribution in [3.8, 4) is 0 Å². The number of nitrogens with zero attached hydrogens (tertiary/aromatic N) is 2. The molecule has 0 radical (unpaired) electrons. The molecule has 0 atom stereocenters. The number of aromatic nitrogens is 2. The van der Waals surface area contributed by atoms with E-state index in [0.717, 1.165) is 5.01 Å². The molecular formula is C12H11FN4O2S2. The van der Waals surface area contributed by atoms with E-state index in [1.165, 1.54) is 47.4 Å². The Morgan fingerprint density at radius 1 is 1.29 bits per heavy atom. The number of carbonyl (C=O) groups excluding carboxylic acids is 2. The molecule has 2 aromatic rings. The first kappa shape index (κ1) is 15.4. The lowest BCUT2D eigenvalue weighted by molar-refractivity contribution is -0.119. The van der Waals surface area contributed by atoms with Gasteiger partial charge in [0.05, 0.1) is 11.3 Å². The Kier molecular flexibility index (Phi) is 5.23. The summed E-state index contributed by atoms with van der Waals surface area (Å²) >= 11 is 2.58. The van der Waals surface area contributed by atoms with E-state index in [-0.39, 0.29) is 11.3 Å². The minimum absolute atomic E-state index is 0.0756. The molecular weight excluding hydrogens is 315 g/mol. The van der Waals surface area contributed by atoms with Gasteiger partial charge in [0.1, 0.15) is 10.8 Å². The third-order valence-corrected chi connectivity index (χ3v) is 4.24. The molecule has 110 valence electrons. The molecule has 0 aliphatic rings. The Balaban J connectivity index is 1.79. The van der Waals surface area contributed by atoms with Gasteiger partial charge >= 0.3 is 0 Å². The van der Waals surface area contributed by atoms with Gasteiger partial charge in [-0.2, -0.15) is 0 Å². The first-order valence-electron chi connectivity index (χ1n) is 5.83. The van der Waals surface area contributed by atoms with Crippen molar-refractivity contribution in [2.75, 3.05) is 5.75 Å². The fourth-order valence-electron chi connectivity index (χ4n) is 1.34. The smallest absolute Gasteiger partial charge is 0.272 e. The number of hydrogen-bond acceptors (Lipinski definition) is 6. The van der Waals surface area contributed by atoms with Gasteiger partial charge in [-0.05, 0) is 19.1 Å². The Morgan fingerprint density at radius 2 is 2.05 bits per heavy atom. The Morgan fingerprint density at radius 3 is 2.71 bits per heavy atom. The molecule has 0 saturated heterocycles. The van der Waals surface area contributed by atoms with Crippen LogP contribution in [-0.4, -0.2) is 27.8 Å². The summed E-state index contributed by atoms with van der Waals surface area (Å²) in [6, 6.07) is 5.51. The van der Waals surface area contributed by atoms with E-state index < -0.39 is 17.6 Å². The molecule has 1 aromatic heterocycles. The Hall–Kier alpha value is -2.00. The highest BCUT2D eigenvalue weighted by Crippen LogP contribution is 2.21. The number of hydrogen-bond donors (Lipinski definition) is 2. The minimum atomic E-state index is -0.710.